The minimum atomic E-state index is -3.65. The largest absolute Gasteiger partial charge is 0.516 e. The highest BCUT2D eigenvalue weighted by atomic mass is 31.2. The topological polar surface area (TPSA) is 76.0 Å². The van der Waals surface area contributed by atoms with Crippen LogP contribution >= 0.6 is 7.82 Å². The highest BCUT2D eigenvalue weighted by molar-refractivity contribution is 7.47. The monoisotopic (exact) mass is 170 g/mol. The van der Waals surface area contributed by atoms with Gasteiger partial charge in [0.15, 0.2) is 0 Å². The van der Waals surface area contributed by atoms with Crippen LogP contribution in [0, 0.1) is 0 Å². The van der Waals surface area contributed by atoms with Crippen molar-refractivity contribution in [2.24, 2.45) is 0 Å². The molecule has 0 unspecified atom stereocenters. The van der Waals surface area contributed by atoms with Crippen molar-refractivity contribution >= 4 is 7.82 Å². The average Bonchev–Trinajstić information content (AvgIpc) is 1.90. The van der Waals surface area contributed by atoms with E-state index in [9.17, 15) is 4.57 Å². The highest BCUT2D eigenvalue weighted by Crippen LogP contribution is 2.40. The van der Waals surface area contributed by atoms with E-state index < -0.39 is 7.82 Å². The molecule has 0 aromatic rings. The maximum absolute atomic E-state index is 10.1. The lowest BCUT2D eigenvalue weighted by Crippen LogP contribution is -1.83. The standard InChI is InChI=1S/C2H7O4P.C2H4O/c1-5-7(3,4)6-2;1-2-3/h1-2H3,(H,3,4);2-3H,1H2. The molecule has 0 saturated heterocycles. The van der Waals surface area contributed by atoms with Gasteiger partial charge in [-0.3, -0.25) is 9.05 Å². The van der Waals surface area contributed by atoms with Crippen molar-refractivity contribution in [2.75, 3.05) is 14.2 Å². The van der Waals surface area contributed by atoms with E-state index in [0.29, 0.717) is 0 Å². The van der Waals surface area contributed by atoms with Gasteiger partial charge in [0.2, 0.25) is 0 Å². The normalized spacial score (nSPS) is 9.50. The van der Waals surface area contributed by atoms with Crippen LogP contribution in [0.2, 0.25) is 0 Å². The van der Waals surface area contributed by atoms with E-state index in [1.54, 1.807) is 0 Å². The zero-order valence-corrected chi connectivity index (χ0v) is 6.75. The van der Waals surface area contributed by atoms with Crippen molar-refractivity contribution in [3.05, 3.63) is 12.8 Å². The second-order valence-electron chi connectivity index (χ2n) is 1.02. The molecule has 0 radical (unpaired) electrons. The molecule has 10 heavy (non-hydrogen) atoms. The zero-order chi connectivity index (χ0) is 8.62. The van der Waals surface area contributed by atoms with Crippen molar-refractivity contribution in [1.82, 2.24) is 0 Å². The van der Waals surface area contributed by atoms with Crippen LogP contribution in [-0.2, 0) is 13.6 Å². The molecule has 0 fully saturated rings. The number of aliphatic hydroxyl groups is 1. The molecule has 0 amide bonds. The number of aliphatic hydroxyl groups excluding tert-OH is 1. The summed E-state index contributed by atoms with van der Waals surface area (Å²) in [6.07, 6.45) is 0.750. The van der Waals surface area contributed by atoms with Crippen LogP contribution in [0.25, 0.3) is 0 Å². The van der Waals surface area contributed by atoms with Crippen LogP contribution < -0.4 is 0 Å². The van der Waals surface area contributed by atoms with Crippen molar-refractivity contribution in [2.45, 2.75) is 0 Å². The van der Waals surface area contributed by atoms with Crippen LogP contribution in [-0.4, -0.2) is 24.2 Å². The van der Waals surface area contributed by atoms with E-state index in [0.717, 1.165) is 20.5 Å². The van der Waals surface area contributed by atoms with E-state index in [1.165, 1.54) is 0 Å². The Bertz CT molecular complexity index is 115. The quantitative estimate of drug-likeness (QED) is 0.478. The molecule has 0 aliphatic rings. The van der Waals surface area contributed by atoms with Crippen molar-refractivity contribution in [3.63, 3.8) is 0 Å². The number of rotatable bonds is 2. The van der Waals surface area contributed by atoms with Crippen LogP contribution in [0.4, 0.5) is 0 Å². The summed E-state index contributed by atoms with van der Waals surface area (Å²) in [5, 5.41) is 7.33. The van der Waals surface area contributed by atoms with Crippen LogP contribution in [0.1, 0.15) is 0 Å². The van der Waals surface area contributed by atoms with Crippen LogP contribution in [0.3, 0.4) is 0 Å². The van der Waals surface area contributed by atoms with E-state index >= 15 is 0 Å². The Morgan fingerprint density at radius 1 is 1.50 bits per heavy atom. The first-order valence-electron chi connectivity index (χ1n) is 2.23. The summed E-state index contributed by atoms with van der Waals surface area (Å²) in [6.45, 7) is 2.92. The molecular formula is C4H11O5P. The van der Waals surface area contributed by atoms with Gasteiger partial charge in [-0.15, -0.1) is 0 Å². The number of phosphoric ester groups is 1. The van der Waals surface area contributed by atoms with Crippen molar-refractivity contribution in [3.8, 4) is 0 Å². The molecule has 0 atom stereocenters. The Morgan fingerprint density at radius 2 is 1.70 bits per heavy atom. The van der Waals surface area contributed by atoms with Gasteiger partial charge in [0.25, 0.3) is 0 Å². The Labute approximate surface area is 59.5 Å². The molecule has 2 N–H and O–H groups in total. The molecule has 0 saturated carbocycles. The first-order chi connectivity index (χ1) is 4.54. The molecule has 5 nitrogen and oxygen atoms in total. The number of hydrogen-bond acceptors (Lipinski definition) is 4. The number of phosphoric acid groups is 1. The molecule has 0 aliphatic carbocycles. The van der Waals surface area contributed by atoms with Gasteiger partial charge in [-0.05, 0) is 0 Å². The molecule has 0 heterocycles. The third-order valence-corrected chi connectivity index (χ3v) is 1.38. The highest BCUT2D eigenvalue weighted by Gasteiger charge is 2.13. The summed E-state index contributed by atoms with van der Waals surface area (Å²) in [5.41, 5.74) is 0. The molecule has 0 spiro atoms. The molecule has 0 aromatic carbocycles. The minimum Gasteiger partial charge on any atom is -0.516 e. The van der Waals surface area contributed by atoms with Gasteiger partial charge in [-0.2, -0.15) is 0 Å². The SMILES string of the molecule is C=CO.COP(=O)(O)OC. The number of hydrogen-bond donors (Lipinski definition) is 2. The second-order valence-corrected chi connectivity index (χ2v) is 2.68. The van der Waals surface area contributed by atoms with Gasteiger partial charge < -0.3 is 10.00 Å². The van der Waals surface area contributed by atoms with Gasteiger partial charge in [0, 0.05) is 14.2 Å². The fourth-order valence-corrected chi connectivity index (χ4v) is 0.224. The van der Waals surface area contributed by atoms with Gasteiger partial charge in [-0.1, -0.05) is 6.58 Å². The fourth-order valence-electron chi connectivity index (χ4n) is 0.0745. The van der Waals surface area contributed by atoms with Crippen LogP contribution in [0.15, 0.2) is 12.8 Å². The molecular weight excluding hydrogens is 159 g/mol. The van der Waals surface area contributed by atoms with E-state index in [2.05, 4.69) is 15.6 Å². The van der Waals surface area contributed by atoms with Gasteiger partial charge in [0.1, 0.15) is 0 Å². The molecule has 0 aliphatic heterocycles. The first kappa shape index (κ1) is 12.3. The molecule has 0 aromatic heterocycles. The Morgan fingerprint density at radius 3 is 1.70 bits per heavy atom. The van der Waals surface area contributed by atoms with Crippen molar-refractivity contribution in [1.29, 1.82) is 0 Å². The molecule has 62 valence electrons. The predicted octanol–water partition coefficient (Wildman–Crippen LogP) is 1.07. The van der Waals surface area contributed by atoms with Crippen molar-refractivity contribution < 1.29 is 23.6 Å². The first-order valence-corrected chi connectivity index (χ1v) is 3.73. The maximum Gasteiger partial charge on any atom is 0.471 e. The minimum absolute atomic E-state index is 0.750. The third-order valence-electron chi connectivity index (χ3n) is 0.461. The van der Waals surface area contributed by atoms with Crippen LogP contribution in [0.5, 0.6) is 0 Å². The van der Waals surface area contributed by atoms with E-state index in [4.69, 9.17) is 10.00 Å². The van der Waals surface area contributed by atoms with E-state index in [1.807, 2.05) is 0 Å². The Kier molecular flexibility index (Phi) is 8.35. The van der Waals surface area contributed by atoms with Gasteiger partial charge in [-0.25, -0.2) is 4.57 Å². The van der Waals surface area contributed by atoms with E-state index in [-0.39, 0.29) is 0 Å². The summed E-state index contributed by atoms with van der Waals surface area (Å²) in [4.78, 5) is 8.24. The summed E-state index contributed by atoms with van der Waals surface area (Å²) in [6, 6.07) is 0. The lowest BCUT2D eigenvalue weighted by atomic mass is 11.2. The molecule has 0 bridgehead atoms. The summed E-state index contributed by atoms with van der Waals surface area (Å²) in [5.74, 6) is 0. The zero-order valence-electron chi connectivity index (χ0n) is 5.85. The summed E-state index contributed by atoms with van der Waals surface area (Å²) >= 11 is 0. The average molecular weight is 170 g/mol. The fraction of sp³-hybridized carbons (Fsp3) is 0.500. The maximum atomic E-state index is 10.1. The molecule has 0 rings (SSSR count). The summed E-state index contributed by atoms with van der Waals surface area (Å²) < 4.78 is 18.0. The third kappa shape index (κ3) is 10.6. The smallest absolute Gasteiger partial charge is 0.471 e. The summed E-state index contributed by atoms with van der Waals surface area (Å²) in [7, 11) is -1.45. The molecule has 6 heteroatoms. The van der Waals surface area contributed by atoms with Gasteiger partial charge >= 0.3 is 7.82 Å². The lowest BCUT2D eigenvalue weighted by molar-refractivity contribution is 0.204. The Hall–Kier alpha value is -0.350. The predicted molar refractivity (Wildman–Crippen MR) is 36.7 cm³/mol. The second kappa shape index (κ2) is 6.77. The Balaban J connectivity index is 0. The van der Waals surface area contributed by atoms with Gasteiger partial charge in [0.05, 0.1) is 6.26 Å². The lowest BCUT2D eigenvalue weighted by Gasteiger charge is -2.01.